The SMILES string of the molecule is C=CCSc1ccccc1NC(=O)CN1CCN(Cc2ccc(OC)cc2)CC1. The predicted octanol–water partition coefficient (Wildman–Crippen LogP) is 3.73. The topological polar surface area (TPSA) is 44.8 Å². The molecule has 0 atom stereocenters. The van der Waals surface area contributed by atoms with Crippen LogP contribution in [0.15, 0.2) is 66.1 Å². The van der Waals surface area contributed by atoms with Gasteiger partial charge in [0.2, 0.25) is 5.91 Å². The van der Waals surface area contributed by atoms with E-state index in [-0.39, 0.29) is 5.91 Å². The molecule has 1 saturated heterocycles. The molecule has 154 valence electrons. The summed E-state index contributed by atoms with van der Waals surface area (Å²) in [4.78, 5) is 18.3. The van der Waals surface area contributed by atoms with E-state index in [1.807, 2.05) is 42.5 Å². The van der Waals surface area contributed by atoms with Crippen LogP contribution in [0.5, 0.6) is 5.75 Å². The first-order valence-corrected chi connectivity index (χ1v) is 10.9. The lowest BCUT2D eigenvalue weighted by Crippen LogP contribution is -2.48. The quantitative estimate of drug-likeness (QED) is 0.503. The summed E-state index contributed by atoms with van der Waals surface area (Å²) in [6, 6.07) is 16.1. The molecule has 1 fully saturated rings. The molecule has 0 aromatic heterocycles. The Morgan fingerprint density at radius 2 is 1.79 bits per heavy atom. The third-order valence-corrected chi connectivity index (χ3v) is 5.98. The van der Waals surface area contributed by atoms with Crippen LogP contribution >= 0.6 is 11.8 Å². The van der Waals surface area contributed by atoms with E-state index in [0.717, 1.165) is 54.8 Å². The first kappa shape index (κ1) is 21.4. The zero-order valence-electron chi connectivity index (χ0n) is 17.0. The Bertz CT molecular complexity index is 802. The number of hydrogen-bond acceptors (Lipinski definition) is 5. The number of nitrogens with zero attached hydrogens (tertiary/aromatic N) is 2. The summed E-state index contributed by atoms with van der Waals surface area (Å²) >= 11 is 1.68. The van der Waals surface area contributed by atoms with E-state index in [4.69, 9.17) is 4.74 Å². The zero-order chi connectivity index (χ0) is 20.5. The number of amides is 1. The molecule has 1 N–H and O–H groups in total. The van der Waals surface area contributed by atoms with Crippen LogP contribution in [0.1, 0.15) is 5.56 Å². The van der Waals surface area contributed by atoms with Crippen molar-refractivity contribution < 1.29 is 9.53 Å². The van der Waals surface area contributed by atoms with Crippen LogP contribution in [0.2, 0.25) is 0 Å². The smallest absolute Gasteiger partial charge is 0.238 e. The molecule has 1 aliphatic rings. The molecule has 0 radical (unpaired) electrons. The molecule has 0 saturated carbocycles. The first-order chi connectivity index (χ1) is 14.2. The molecule has 0 unspecified atom stereocenters. The van der Waals surface area contributed by atoms with Gasteiger partial charge in [-0.05, 0) is 29.8 Å². The van der Waals surface area contributed by atoms with Gasteiger partial charge in [0.15, 0.2) is 0 Å². The van der Waals surface area contributed by atoms with Gasteiger partial charge in [0, 0.05) is 43.4 Å². The standard InChI is InChI=1S/C23H29N3O2S/c1-3-16-29-22-7-5-4-6-21(22)24-23(27)18-26-14-12-25(13-15-26)17-19-8-10-20(28-2)11-9-19/h3-11H,1,12-18H2,2H3,(H,24,27). The molecule has 1 heterocycles. The Morgan fingerprint density at radius 3 is 2.48 bits per heavy atom. The third-order valence-electron chi connectivity index (χ3n) is 4.92. The highest BCUT2D eigenvalue weighted by Crippen LogP contribution is 2.27. The fraction of sp³-hybridized carbons (Fsp3) is 0.348. The Kier molecular flexibility index (Phi) is 8.16. The van der Waals surface area contributed by atoms with Crippen molar-refractivity contribution in [3.05, 3.63) is 66.7 Å². The van der Waals surface area contributed by atoms with Gasteiger partial charge in [-0.3, -0.25) is 14.6 Å². The highest BCUT2D eigenvalue weighted by Gasteiger charge is 2.19. The summed E-state index contributed by atoms with van der Waals surface area (Å²) in [5, 5.41) is 3.07. The fourth-order valence-corrected chi connectivity index (χ4v) is 4.08. The monoisotopic (exact) mass is 411 g/mol. The predicted molar refractivity (Wildman–Crippen MR) is 121 cm³/mol. The van der Waals surface area contributed by atoms with E-state index in [2.05, 4.69) is 33.8 Å². The van der Waals surface area contributed by atoms with Gasteiger partial charge in [-0.2, -0.15) is 0 Å². The van der Waals surface area contributed by atoms with Crippen molar-refractivity contribution in [1.82, 2.24) is 9.80 Å². The Morgan fingerprint density at radius 1 is 1.10 bits per heavy atom. The van der Waals surface area contributed by atoms with Gasteiger partial charge in [-0.15, -0.1) is 18.3 Å². The lowest BCUT2D eigenvalue weighted by Gasteiger charge is -2.34. The number of benzene rings is 2. The molecular formula is C23H29N3O2S. The zero-order valence-corrected chi connectivity index (χ0v) is 17.8. The number of thioether (sulfide) groups is 1. The maximum Gasteiger partial charge on any atom is 0.238 e. The third kappa shape index (κ3) is 6.63. The highest BCUT2D eigenvalue weighted by molar-refractivity contribution is 7.99. The van der Waals surface area contributed by atoms with E-state index in [9.17, 15) is 4.79 Å². The van der Waals surface area contributed by atoms with E-state index in [1.165, 1.54) is 5.56 Å². The summed E-state index contributed by atoms with van der Waals surface area (Å²) in [5.74, 6) is 1.75. The minimum absolute atomic E-state index is 0.0419. The number of nitrogens with one attached hydrogen (secondary N) is 1. The van der Waals surface area contributed by atoms with Gasteiger partial charge in [0.25, 0.3) is 0 Å². The van der Waals surface area contributed by atoms with E-state index < -0.39 is 0 Å². The molecule has 1 aliphatic heterocycles. The summed E-state index contributed by atoms with van der Waals surface area (Å²) in [6.07, 6.45) is 1.87. The van der Waals surface area contributed by atoms with Crippen molar-refractivity contribution in [3.63, 3.8) is 0 Å². The summed E-state index contributed by atoms with van der Waals surface area (Å²) in [7, 11) is 1.68. The van der Waals surface area contributed by atoms with Gasteiger partial charge in [-0.25, -0.2) is 0 Å². The first-order valence-electron chi connectivity index (χ1n) is 9.88. The average molecular weight is 412 g/mol. The summed E-state index contributed by atoms with van der Waals surface area (Å²) < 4.78 is 5.22. The molecule has 0 spiro atoms. The van der Waals surface area contributed by atoms with Crippen molar-refractivity contribution in [2.45, 2.75) is 11.4 Å². The largest absolute Gasteiger partial charge is 0.497 e. The number of carbonyl (C=O) groups is 1. The number of carbonyl (C=O) groups excluding carboxylic acids is 1. The molecule has 2 aromatic carbocycles. The molecule has 29 heavy (non-hydrogen) atoms. The van der Waals surface area contributed by atoms with Gasteiger partial charge in [0.1, 0.15) is 5.75 Å². The van der Waals surface area contributed by atoms with E-state index >= 15 is 0 Å². The number of rotatable bonds is 9. The van der Waals surface area contributed by atoms with Crippen molar-refractivity contribution >= 4 is 23.4 Å². The highest BCUT2D eigenvalue weighted by atomic mass is 32.2. The van der Waals surface area contributed by atoms with Gasteiger partial charge >= 0.3 is 0 Å². The average Bonchev–Trinajstić information content (AvgIpc) is 2.75. The molecule has 0 bridgehead atoms. The van der Waals surface area contributed by atoms with Crippen LogP contribution in [0.25, 0.3) is 0 Å². The second-order valence-electron chi connectivity index (χ2n) is 7.04. The minimum atomic E-state index is 0.0419. The molecule has 3 rings (SSSR count). The Balaban J connectivity index is 1.44. The van der Waals surface area contributed by atoms with Crippen LogP contribution in [0, 0.1) is 0 Å². The van der Waals surface area contributed by atoms with Gasteiger partial charge in [0.05, 0.1) is 19.3 Å². The van der Waals surface area contributed by atoms with E-state index in [1.54, 1.807) is 18.9 Å². The molecular weight excluding hydrogens is 382 g/mol. The van der Waals surface area contributed by atoms with Crippen LogP contribution in [-0.2, 0) is 11.3 Å². The van der Waals surface area contributed by atoms with Crippen molar-refractivity contribution in [1.29, 1.82) is 0 Å². The normalized spacial score (nSPS) is 15.1. The fourth-order valence-electron chi connectivity index (χ4n) is 3.33. The molecule has 5 nitrogen and oxygen atoms in total. The van der Waals surface area contributed by atoms with Gasteiger partial charge < -0.3 is 10.1 Å². The van der Waals surface area contributed by atoms with Crippen molar-refractivity contribution in [2.24, 2.45) is 0 Å². The van der Waals surface area contributed by atoms with Crippen LogP contribution in [0.4, 0.5) is 5.69 Å². The van der Waals surface area contributed by atoms with E-state index in [0.29, 0.717) is 6.54 Å². The number of anilines is 1. The van der Waals surface area contributed by atoms with Crippen LogP contribution in [0.3, 0.4) is 0 Å². The maximum absolute atomic E-state index is 12.5. The second kappa shape index (κ2) is 11.0. The summed E-state index contributed by atoms with van der Waals surface area (Å²) in [6.45, 7) is 8.84. The maximum atomic E-state index is 12.5. The number of piperazine rings is 1. The molecule has 0 aliphatic carbocycles. The number of para-hydroxylation sites is 1. The van der Waals surface area contributed by atoms with Gasteiger partial charge in [-0.1, -0.05) is 30.3 Å². The lowest BCUT2D eigenvalue weighted by molar-refractivity contribution is -0.117. The second-order valence-corrected chi connectivity index (χ2v) is 8.11. The number of methoxy groups -OCH3 is 1. The molecule has 1 amide bonds. The van der Waals surface area contributed by atoms with Crippen LogP contribution < -0.4 is 10.1 Å². The van der Waals surface area contributed by atoms with Crippen LogP contribution in [-0.4, -0.2) is 61.3 Å². The molecule has 2 aromatic rings. The summed E-state index contributed by atoms with van der Waals surface area (Å²) in [5.41, 5.74) is 2.16. The molecule has 6 heteroatoms. The Labute approximate surface area is 177 Å². The number of hydrogen-bond donors (Lipinski definition) is 1. The minimum Gasteiger partial charge on any atom is -0.497 e. The number of ether oxygens (including phenoxy) is 1. The van der Waals surface area contributed by atoms with Crippen molar-refractivity contribution in [2.75, 3.05) is 50.9 Å². The van der Waals surface area contributed by atoms with Crippen molar-refractivity contribution in [3.8, 4) is 5.75 Å². The Hall–Kier alpha value is -2.28. The lowest BCUT2D eigenvalue weighted by atomic mass is 10.2.